The molecule has 10 heteroatoms. The smallest absolute Gasteiger partial charge is 0.266 e. The van der Waals surface area contributed by atoms with E-state index in [-0.39, 0.29) is 10.8 Å². The molecule has 1 saturated heterocycles. The van der Waals surface area contributed by atoms with Gasteiger partial charge in [-0.3, -0.25) is 4.79 Å². The molecule has 0 spiro atoms. The lowest BCUT2D eigenvalue weighted by Crippen LogP contribution is -2.45. The summed E-state index contributed by atoms with van der Waals surface area (Å²) in [7, 11) is -0.665. The fraction of sp³-hybridized carbons (Fsp3) is 0.562. The number of hydrogen-bond donors (Lipinski definition) is 0. The van der Waals surface area contributed by atoms with E-state index >= 15 is 0 Å². The minimum Gasteiger partial charge on any atom is -0.382 e. The van der Waals surface area contributed by atoms with Crippen molar-refractivity contribution < 1.29 is 18.0 Å². The van der Waals surface area contributed by atoms with Gasteiger partial charge in [0.15, 0.2) is 0 Å². The Hall–Kier alpha value is -2.20. The summed E-state index contributed by atoms with van der Waals surface area (Å²) in [6.45, 7) is 3.12. The van der Waals surface area contributed by atoms with Gasteiger partial charge in [0.25, 0.3) is 5.91 Å². The first-order valence-corrected chi connectivity index (χ1v) is 9.98. The Labute approximate surface area is 152 Å². The number of carbonyl (C=O) groups is 1. The number of nitrogens with zero attached hydrogens (tertiary/aromatic N) is 5. The summed E-state index contributed by atoms with van der Waals surface area (Å²) in [5.41, 5.74) is 0.881. The monoisotopic (exact) mass is 381 g/mol. The number of amides is 1. The van der Waals surface area contributed by atoms with Gasteiger partial charge in [-0.15, -0.1) is 5.10 Å². The molecule has 1 atom stereocenters. The van der Waals surface area contributed by atoms with E-state index in [2.05, 4.69) is 10.3 Å². The number of hydrogen-bond acceptors (Lipinski definition) is 6. The molecule has 2 heterocycles. The van der Waals surface area contributed by atoms with Crippen LogP contribution in [0.1, 0.15) is 26.2 Å². The molecule has 9 nitrogen and oxygen atoms in total. The molecule has 1 amide bonds. The van der Waals surface area contributed by atoms with Crippen LogP contribution in [0.15, 0.2) is 23.1 Å². The first kappa shape index (κ1) is 18.6. The van der Waals surface area contributed by atoms with Crippen molar-refractivity contribution in [3.05, 3.63) is 18.2 Å². The van der Waals surface area contributed by atoms with Crippen LogP contribution in [0, 0.1) is 0 Å². The molecule has 0 N–H and O–H groups in total. The highest BCUT2D eigenvalue weighted by molar-refractivity contribution is 7.89. The molecule has 0 radical (unpaired) electrons. The van der Waals surface area contributed by atoms with Gasteiger partial charge in [-0.05, 0) is 49.6 Å². The first-order valence-electron chi connectivity index (χ1n) is 8.54. The Balaban J connectivity index is 1.85. The van der Waals surface area contributed by atoms with Crippen LogP contribution in [0.3, 0.4) is 0 Å². The summed E-state index contributed by atoms with van der Waals surface area (Å²) in [5.74, 6) is -0.106. The van der Waals surface area contributed by atoms with Crippen molar-refractivity contribution in [1.82, 2.24) is 24.4 Å². The number of piperidine rings is 1. The minimum absolute atomic E-state index is 0.106. The van der Waals surface area contributed by atoms with Crippen molar-refractivity contribution in [1.29, 1.82) is 0 Å². The van der Waals surface area contributed by atoms with Crippen LogP contribution in [-0.2, 0) is 14.8 Å². The maximum atomic E-state index is 12.5. The number of aromatic nitrogens is 3. The number of likely N-dealkylation sites (tertiary alicyclic amines) is 1. The van der Waals surface area contributed by atoms with Crippen LogP contribution in [-0.4, -0.2) is 72.0 Å². The molecular weight excluding hydrogens is 358 g/mol. The van der Waals surface area contributed by atoms with E-state index in [0.29, 0.717) is 11.0 Å². The molecule has 0 bridgehead atoms. The van der Waals surface area contributed by atoms with Gasteiger partial charge in [0.05, 0.1) is 4.90 Å². The Kier molecular flexibility index (Phi) is 5.15. The van der Waals surface area contributed by atoms with E-state index in [1.165, 1.54) is 26.2 Å². The van der Waals surface area contributed by atoms with E-state index < -0.39 is 16.1 Å². The van der Waals surface area contributed by atoms with Gasteiger partial charge in [-0.1, -0.05) is 4.85 Å². The fourth-order valence-corrected chi connectivity index (χ4v) is 3.82. The lowest BCUT2D eigenvalue weighted by molar-refractivity contribution is -0.144. The normalized spacial score (nSPS) is 16.8. The summed E-state index contributed by atoms with van der Waals surface area (Å²) < 4.78 is 25.8. The first-order chi connectivity index (χ1) is 12.3. The maximum absolute atomic E-state index is 12.5. The third-order valence-electron chi connectivity index (χ3n) is 4.44. The molecular formula is C16H23N5O4S. The second-order valence-corrected chi connectivity index (χ2v) is 8.69. The van der Waals surface area contributed by atoms with Crippen LogP contribution in [0.4, 0.5) is 0 Å². The lowest BCUT2D eigenvalue weighted by atomic mass is 10.1. The van der Waals surface area contributed by atoms with Crippen molar-refractivity contribution in [3.8, 4) is 0 Å². The quantitative estimate of drug-likeness (QED) is 0.749. The third-order valence-corrected chi connectivity index (χ3v) is 6.25. The van der Waals surface area contributed by atoms with Crippen molar-refractivity contribution in [2.45, 2.75) is 37.2 Å². The predicted molar refractivity (Wildman–Crippen MR) is 94.9 cm³/mol. The summed E-state index contributed by atoms with van der Waals surface area (Å²) in [4.78, 5) is 21.2. The summed E-state index contributed by atoms with van der Waals surface area (Å²) in [6, 6.07) is 4.48. The summed E-state index contributed by atoms with van der Waals surface area (Å²) in [5, 5.41) is 7.86. The number of rotatable bonds is 5. The predicted octanol–water partition coefficient (Wildman–Crippen LogP) is 0.511. The average molecular weight is 381 g/mol. The zero-order valence-electron chi connectivity index (χ0n) is 15.1. The Morgan fingerprint density at radius 1 is 1.23 bits per heavy atom. The maximum Gasteiger partial charge on any atom is 0.266 e. The second kappa shape index (κ2) is 7.20. The molecule has 0 saturated carbocycles. The summed E-state index contributed by atoms with van der Waals surface area (Å²) in [6.07, 6.45) is 2.38. The number of carbonyl (C=O) groups excluding carboxylic acids is 1. The number of sulfonamides is 1. The number of benzene rings is 1. The van der Waals surface area contributed by atoms with E-state index in [1.54, 1.807) is 17.9 Å². The van der Waals surface area contributed by atoms with Gasteiger partial charge in [-0.2, -0.15) is 0 Å². The standard InChI is InChI=1S/C16H23N5O4S/c1-12(16(22)20-9-5-4-6-10-20)25-21-15-11-13(26(23,24)19(2)3)7-8-14(15)17-18-21/h7-8,11-12H,4-6,9-10H2,1-3H3/t12-/m0/s1. The Bertz CT molecular complexity index is 903. The average Bonchev–Trinajstić information content (AvgIpc) is 3.03. The topological polar surface area (TPSA) is 97.6 Å². The van der Waals surface area contributed by atoms with Crippen molar-refractivity contribution in [2.24, 2.45) is 0 Å². The highest BCUT2D eigenvalue weighted by Gasteiger charge is 2.25. The Morgan fingerprint density at radius 3 is 2.58 bits per heavy atom. The van der Waals surface area contributed by atoms with Crippen molar-refractivity contribution >= 4 is 27.0 Å². The SMILES string of the molecule is C[C@H](On1nnc2ccc(S(=O)(=O)N(C)C)cc21)C(=O)N1CCCCC1. The molecule has 1 aliphatic heterocycles. The second-order valence-electron chi connectivity index (χ2n) is 6.53. The van der Waals surface area contributed by atoms with Gasteiger partial charge in [0.1, 0.15) is 11.0 Å². The van der Waals surface area contributed by atoms with E-state index in [0.717, 1.165) is 41.5 Å². The third kappa shape index (κ3) is 3.51. The van der Waals surface area contributed by atoms with Crippen LogP contribution in [0.5, 0.6) is 0 Å². The highest BCUT2D eigenvalue weighted by atomic mass is 32.2. The molecule has 0 aliphatic carbocycles. The molecule has 1 aromatic heterocycles. The summed E-state index contributed by atoms with van der Waals surface area (Å²) >= 11 is 0. The zero-order valence-corrected chi connectivity index (χ0v) is 15.9. The van der Waals surface area contributed by atoms with Crippen LogP contribution >= 0.6 is 0 Å². The molecule has 142 valence electrons. The lowest BCUT2D eigenvalue weighted by Gasteiger charge is -2.28. The van der Waals surface area contributed by atoms with Crippen molar-refractivity contribution in [3.63, 3.8) is 0 Å². The molecule has 26 heavy (non-hydrogen) atoms. The number of fused-ring (bicyclic) bond motifs is 1. The molecule has 0 unspecified atom stereocenters. The van der Waals surface area contributed by atoms with Crippen LogP contribution < -0.4 is 4.84 Å². The van der Waals surface area contributed by atoms with Gasteiger partial charge >= 0.3 is 0 Å². The zero-order chi connectivity index (χ0) is 18.9. The van der Waals surface area contributed by atoms with Gasteiger partial charge in [-0.25, -0.2) is 12.7 Å². The molecule has 1 fully saturated rings. The van der Waals surface area contributed by atoms with Crippen LogP contribution in [0.2, 0.25) is 0 Å². The molecule has 1 aromatic carbocycles. The van der Waals surface area contributed by atoms with E-state index in [9.17, 15) is 13.2 Å². The molecule has 3 rings (SSSR count). The van der Waals surface area contributed by atoms with Gasteiger partial charge in [0.2, 0.25) is 16.1 Å². The fourth-order valence-electron chi connectivity index (χ4n) is 2.89. The van der Waals surface area contributed by atoms with E-state index in [1.807, 2.05) is 0 Å². The van der Waals surface area contributed by atoms with Crippen LogP contribution in [0.25, 0.3) is 11.0 Å². The highest BCUT2D eigenvalue weighted by Crippen LogP contribution is 2.19. The largest absolute Gasteiger partial charge is 0.382 e. The van der Waals surface area contributed by atoms with E-state index in [4.69, 9.17) is 4.84 Å². The minimum atomic E-state index is -3.59. The Morgan fingerprint density at radius 2 is 1.92 bits per heavy atom. The molecule has 2 aromatic rings. The van der Waals surface area contributed by atoms with Crippen molar-refractivity contribution in [2.75, 3.05) is 27.2 Å². The van der Waals surface area contributed by atoms with Gasteiger partial charge < -0.3 is 9.74 Å². The van der Waals surface area contributed by atoms with Gasteiger partial charge in [0, 0.05) is 27.2 Å². The molecule has 1 aliphatic rings.